The quantitative estimate of drug-likeness (QED) is 0.217. The van der Waals surface area contributed by atoms with Gasteiger partial charge in [-0.05, 0) is 62.8 Å². The van der Waals surface area contributed by atoms with Crippen molar-refractivity contribution < 1.29 is 43.3 Å². The predicted octanol–water partition coefficient (Wildman–Crippen LogP) is 5.07. The summed E-state index contributed by atoms with van der Waals surface area (Å²) >= 11 is 6.04. The van der Waals surface area contributed by atoms with Crippen molar-refractivity contribution in [2.45, 2.75) is 51.4 Å². The Balaban J connectivity index is 1.41. The Morgan fingerprint density at radius 1 is 1.07 bits per heavy atom. The molecule has 6 unspecified atom stereocenters. The molecule has 3 fully saturated rings. The first-order chi connectivity index (χ1) is 21.9. The number of nitrogens with zero attached hydrogens (tertiary/aromatic N) is 2. The molecule has 0 spiro atoms. The molecule has 2 aliphatic heterocycles. The van der Waals surface area contributed by atoms with E-state index in [1.165, 1.54) is 24.1 Å². The van der Waals surface area contributed by atoms with E-state index in [9.17, 15) is 33.5 Å². The molecule has 0 radical (unpaired) electrons. The third-order valence-corrected chi connectivity index (χ3v) is 10.7. The van der Waals surface area contributed by atoms with Crippen molar-refractivity contribution in [3.63, 3.8) is 0 Å². The highest BCUT2D eigenvalue weighted by Crippen LogP contribution is 2.64. The fourth-order valence-corrected chi connectivity index (χ4v) is 8.35. The average Bonchev–Trinajstić information content (AvgIpc) is 3.38. The van der Waals surface area contributed by atoms with E-state index in [0.717, 1.165) is 11.0 Å². The highest BCUT2D eigenvalue weighted by Gasteiger charge is 2.68. The molecule has 2 aromatic carbocycles. The SMILES string of the molecule is COc1cccc(C2C3=CCC4C(=O)N(CCCCCC(=O)O)C(=O)C4C3CC3C(=O)N(c4ccc(F)c(Cl)c4)C(=O)C32C)c1O. The number of carboxylic acid groups (broad SMARTS) is 1. The van der Waals surface area contributed by atoms with Crippen LogP contribution in [0.3, 0.4) is 0 Å². The average molecular weight is 653 g/mol. The van der Waals surface area contributed by atoms with Gasteiger partial charge in [0.1, 0.15) is 5.82 Å². The molecule has 10 nitrogen and oxygen atoms in total. The molecule has 2 aliphatic carbocycles. The number of allylic oxidation sites excluding steroid dienone is 2. The molecule has 4 aliphatic rings. The molecule has 4 amide bonds. The zero-order chi connectivity index (χ0) is 33.1. The third-order valence-electron chi connectivity index (χ3n) is 10.4. The third kappa shape index (κ3) is 4.78. The number of aliphatic carboxylic acids is 1. The molecule has 2 heterocycles. The minimum absolute atomic E-state index is 0.00898. The zero-order valence-electron chi connectivity index (χ0n) is 25.4. The molecular weight excluding hydrogens is 619 g/mol. The molecule has 2 saturated heterocycles. The van der Waals surface area contributed by atoms with Crippen molar-refractivity contribution in [3.05, 3.63) is 64.5 Å². The number of halogens is 2. The van der Waals surface area contributed by atoms with Crippen LogP contribution >= 0.6 is 11.6 Å². The summed E-state index contributed by atoms with van der Waals surface area (Å²) in [5.41, 5.74) is -0.241. The Morgan fingerprint density at radius 2 is 1.83 bits per heavy atom. The Morgan fingerprint density at radius 3 is 2.52 bits per heavy atom. The lowest BCUT2D eigenvalue weighted by Gasteiger charge is -2.49. The number of anilines is 1. The van der Waals surface area contributed by atoms with Crippen LogP contribution in [0.25, 0.3) is 0 Å². The van der Waals surface area contributed by atoms with E-state index < -0.39 is 58.6 Å². The first kappa shape index (κ1) is 31.7. The molecule has 6 atom stereocenters. The molecule has 46 heavy (non-hydrogen) atoms. The van der Waals surface area contributed by atoms with Gasteiger partial charge in [-0.25, -0.2) is 9.29 Å². The molecular formula is C34H34ClFN2O8. The van der Waals surface area contributed by atoms with Gasteiger partial charge in [-0.1, -0.05) is 41.8 Å². The number of ether oxygens (including phenoxy) is 1. The van der Waals surface area contributed by atoms with E-state index in [1.54, 1.807) is 25.1 Å². The Hall–Kier alpha value is -4.25. The lowest BCUT2D eigenvalue weighted by Crippen LogP contribution is -2.48. The zero-order valence-corrected chi connectivity index (χ0v) is 26.1. The Kier molecular flexibility index (Phi) is 8.16. The number of methoxy groups -OCH3 is 1. The summed E-state index contributed by atoms with van der Waals surface area (Å²) in [6.07, 6.45) is 3.71. The summed E-state index contributed by atoms with van der Waals surface area (Å²) in [6.45, 7) is 1.85. The van der Waals surface area contributed by atoms with E-state index in [-0.39, 0.29) is 59.8 Å². The maximum Gasteiger partial charge on any atom is 0.303 e. The summed E-state index contributed by atoms with van der Waals surface area (Å²) in [7, 11) is 1.40. The van der Waals surface area contributed by atoms with Crippen molar-refractivity contribution >= 4 is 46.9 Å². The van der Waals surface area contributed by atoms with Crippen LogP contribution in [-0.2, 0) is 24.0 Å². The van der Waals surface area contributed by atoms with E-state index in [2.05, 4.69) is 0 Å². The second-order valence-electron chi connectivity index (χ2n) is 12.7. The van der Waals surface area contributed by atoms with Gasteiger partial charge in [0, 0.05) is 24.4 Å². The normalized spacial score (nSPS) is 28.6. The van der Waals surface area contributed by atoms with Crippen LogP contribution in [0.15, 0.2) is 48.0 Å². The first-order valence-corrected chi connectivity index (χ1v) is 15.8. The number of carboxylic acids is 1. The standard InChI is InChI=1S/C34H34ClFN2O8/c1-34-22(31(43)38(33(34)45)17-10-13-24(36)23(35)15-17)16-21-18(28(34)20-7-6-8-25(46-2)29(20)41)11-12-19-27(21)32(44)37(30(19)42)14-5-3-4-9-26(39)40/h6-8,10-11,13,15,19,21-22,27-28,41H,3-5,9,12,14,16H2,1-2H3,(H,39,40). The van der Waals surface area contributed by atoms with E-state index in [0.29, 0.717) is 30.4 Å². The molecule has 12 heteroatoms. The van der Waals surface area contributed by atoms with Crippen LogP contribution in [0.1, 0.15) is 56.9 Å². The van der Waals surface area contributed by atoms with E-state index in [1.807, 2.05) is 6.08 Å². The number of carbonyl (C=O) groups is 5. The van der Waals surface area contributed by atoms with Gasteiger partial charge < -0.3 is 14.9 Å². The minimum atomic E-state index is -1.41. The number of para-hydroxylation sites is 1. The molecule has 0 bridgehead atoms. The number of phenolic OH excluding ortho intramolecular Hbond substituents is 1. The number of fused-ring (bicyclic) bond motifs is 4. The van der Waals surface area contributed by atoms with Crippen molar-refractivity contribution in [2.75, 3.05) is 18.6 Å². The van der Waals surface area contributed by atoms with E-state index >= 15 is 0 Å². The fraction of sp³-hybridized carbons (Fsp3) is 0.441. The molecule has 6 rings (SSSR count). The summed E-state index contributed by atoms with van der Waals surface area (Å²) in [5.74, 6) is -7.11. The maximum absolute atomic E-state index is 14.5. The molecule has 1 saturated carbocycles. The van der Waals surface area contributed by atoms with Crippen molar-refractivity contribution in [2.24, 2.45) is 29.1 Å². The number of hydrogen-bond donors (Lipinski definition) is 2. The second kappa shape index (κ2) is 11.8. The maximum atomic E-state index is 14.5. The number of likely N-dealkylation sites (tertiary alicyclic amines) is 1. The van der Waals surface area contributed by atoms with Crippen LogP contribution in [-0.4, -0.2) is 58.4 Å². The lowest BCUT2D eigenvalue weighted by molar-refractivity contribution is -0.141. The molecule has 0 aromatic heterocycles. The fourth-order valence-electron chi connectivity index (χ4n) is 8.18. The number of hydrogen-bond acceptors (Lipinski definition) is 7. The summed E-state index contributed by atoms with van der Waals surface area (Å²) in [5, 5.41) is 20.0. The number of amides is 4. The van der Waals surface area contributed by atoms with Gasteiger partial charge in [0.15, 0.2) is 11.5 Å². The summed E-state index contributed by atoms with van der Waals surface area (Å²) < 4.78 is 19.5. The van der Waals surface area contributed by atoms with Crippen LogP contribution in [0.2, 0.25) is 5.02 Å². The Labute approximate surface area is 269 Å². The molecule has 242 valence electrons. The van der Waals surface area contributed by atoms with Crippen molar-refractivity contribution in [3.8, 4) is 11.5 Å². The lowest BCUT2D eigenvalue weighted by atomic mass is 9.51. The van der Waals surface area contributed by atoms with Gasteiger partial charge in [-0.15, -0.1) is 0 Å². The van der Waals surface area contributed by atoms with Gasteiger partial charge in [0.05, 0.1) is 41.0 Å². The smallest absolute Gasteiger partial charge is 0.303 e. The number of aromatic hydroxyl groups is 1. The topological polar surface area (TPSA) is 142 Å². The highest BCUT2D eigenvalue weighted by molar-refractivity contribution is 6.31. The number of benzene rings is 2. The number of phenols is 1. The van der Waals surface area contributed by atoms with Crippen molar-refractivity contribution in [1.82, 2.24) is 4.90 Å². The minimum Gasteiger partial charge on any atom is -0.504 e. The number of rotatable bonds is 9. The van der Waals surface area contributed by atoms with Crippen LogP contribution < -0.4 is 9.64 Å². The van der Waals surface area contributed by atoms with Gasteiger partial charge in [-0.3, -0.25) is 28.9 Å². The molecule has 2 N–H and O–H groups in total. The molecule has 2 aromatic rings. The second-order valence-corrected chi connectivity index (χ2v) is 13.1. The monoisotopic (exact) mass is 652 g/mol. The Bertz CT molecular complexity index is 1690. The summed E-state index contributed by atoms with van der Waals surface area (Å²) in [6, 6.07) is 8.54. The number of carbonyl (C=O) groups excluding carboxylic acids is 4. The van der Waals surface area contributed by atoms with Crippen molar-refractivity contribution in [1.29, 1.82) is 0 Å². The van der Waals surface area contributed by atoms with Gasteiger partial charge in [-0.2, -0.15) is 0 Å². The highest BCUT2D eigenvalue weighted by atomic mass is 35.5. The van der Waals surface area contributed by atoms with Gasteiger partial charge >= 0.3 is 5.97 Å². The van der Waals surface area contributed by atoms with E-state index in [4.69, 9.17) is 21.4 Å². The van der Waals surface area contributed by atoms with Gasteiger partial charge in [0.2, 0.25) is 23.6 Å². The van der Waals surface area contributed by atoms with Gasteiger partial charge in [0.25, 0.3) is 0 Å². The van der Waals surface area contributed by atoms with Crippen LogP contribution in [0.5, 0.6) is 11.5 Å². The predicted molar refractivity (Wildman–Crippen MR) is 164 cm³/mol. The summed E-state index contributed by atoms with van der Waals surface area (Å²) in [4.78, 5) is 69.3. The number of unbranched alkanes of at least 4 members (excludes halogenated alkanes) is 2. The number of imide groups is 2. The first-order valence-electron chi connectivity index (χ1n) is 15.4. The largest absolute Gasteiger partial charge is 0.504 e. The van der Waals surface area contributed by atoms with Crippen LogP contribution in [0, 0.1) is 34.9 Å². The van der Waals surface area contributed by atoms with Crippen LogP contribution in [0.4, 0.5) is 10.1 Å².